The first-order valence-corrected chi connectivity index (χ1v) is 9.06. The quantitative estimate of drug-likeness (QED) is 0.541. The summed E-state index contributed by atoms with van der Waals surface area (Å²) in [7, 11) is 1.71. The third-order valence-electron chi connectivity index (χ3n) is 3.85. The normalized spacial score (nSPS) is 12.4. The number of likely N-dealkylation sites (N-methyl/N-ethyl adjacent to an activating group) is 1. The molecule has 0 amide bonds. The van der Waals surface area contributed by atoms with Gasteiger partial charge in [0.25, 0.3) is 0 Å². The number of methoxy groups -OCH3 is 1. The molecular weight excluding hydrogens is 326 g/mol. The monoisotopic (exact) mass is 355 g/mol. The highest BCUT2D eigenvalue weighted by molar-refractivity contribution is 9.10. The Labute approximate surface area is 138 Å². The van der Waals surface area contributed by atoms with Gasteiger partial charge in [-0.3, -0.25) is 0 Å². The molecule has 0 saturated carbocycles. The molecule has 0 aliphatic rings. The number of rotatable bonds is 11. The molecule has 0 aliphatic heterocycles. The van der Waals surface area contributed by atoms with E-state index in [2.05, 4.69) is 47.2 Å². The smallest absolute Gasteiger partial charge is 0.133 e. The summed E-state index contributed by atoms with van der Waals surface area (Å²) >= 11 is 3.57. The van der Waals surface area contributed by atoms with Crippen LogP contribution in [-0.4, -0.2) is 19.7 Å². The third kappa shape index (κ3) is 7.32. The topological polar surface area (TPSA) is 21.3 Å². The molecule has 0 fully saturated rings. The number of hydrogen-bond donors (Lipinski definition) is 1. The lowest BCUT2D eigenvalue weighted by Gasteiger charge is -2.18. The van der Waals surface area contributed by atoms with Crippen LogP contribution < -0.4 is 10.1 Å². The molecular formula is C18H30BrNO. The van der Waals surface area contributed by atoms with Gasteiger partial charge in [-0.2, -0.15) is 0 Å². The molecule has 0 heterocycles. The zero-order valence-corrected chi connectivity index (χ0v) is 15.3. The van der Waals surface area contributed by atoms with Crippen molar-refractivity contribution in [2.24, 2.45) is 0 Å². The summed E-state index contributed by atoms with van der Waals surface area (Å²) < 4.78 is 6.33. The molecule has 120 valence electrons. The third-order valence-corrected chi connectivity index (χ3v) is 4.47. The second kappa shape index (κ2) is 11.1. The zero-order chi connectivity index (χ0) is 15.5. The summed E-state index contributed by atoms with van der Waals surface area (Å²) in [5.74, 6) is 0.901. The van der Waals surface area contributed by atoms with Crippen LogP contribution in [0.4, 0.5) is 0 Å². The van der Waals surface area contributed by atoms with Crippen LogP contribution in [0.1, 0.15) is 57.9 Å². The van der Waals surface area contributed by atoms with Crippen LogP contribution in [0.25, 0.3) is 0 Å². The minimum absolute atomic E-state index is 0.580. The molecule has 21 heavy (non-hydrogen) atoms. The first-order valence-electron chi connectivity index (χ1n) is 8.27. The van der Waals surface area contributed by atoms with E-state index in [0.717, 1.165) is 23.2 Å². The summed E-state index contributed by atoms with van der Waals surface area (Å²) in [5.41, 5.74) is 1.36. The predicted octanol–water partition coefficient (Wildman–Crippen LogP) is 5.34. The second-order valence-electron chi connectivity index (χ2n) is 5.63. The van der Waals surface area contributed by atoms with Crippen LogP contribution in [0, 0.1) is 0 Å². The van der Waals surface area contributed by atoms with E-state index in [9.17, 15) is 0 Å². The second-order valence-corrected chi connectivity index (χ2v) is 6.48. The maximum Gasteiger partial charge on any atom is 0.133 e. The highest BCUT2D eigenvalue weighted by Gasteiger charge is 2.10. The fraction of sp³-hybridized carbons (Fsp3) is 0.667. The van der Waals surface area contributed by atoms with Crippen LogP contribution in [0.5, 0.6) is 5.75 Å². The molecule has 0 aromatic heterocycles. The molecule has 0 saturated heterocycles. The van der Waals surface area contributed by atoms with Gasteiger partial charge in [0.15, 0.2) is 0 Å². The van der Waals surface area contributed by atoms with Crippen molar-refractivity contribution >= 4 is 15.9 Å². The maximum atomic E-state index is 5.29. The number of ether oxygens (including phenoxy) is 1. The van der Waals surface area contributed by atoms with Gasteiger partial charge in [0.2, 0.25) is 0 Å². The van der Waals surface area contributed by atoms with Crippen LogP contribution in [0.2, 0.25) is 0 Å². The Bertz CT molecular complexity index is 395. The van der Waals surface area contributed by atoms with Crippen molar-refractivity contribution in [2.75, 3.05) is 13.7 Å². The Morgan fingerprint density at radius 1 is 1.14 bits per heavy atom. The molecule has 3 heteroatoms. The van der Waals surface area contributed by atoms with Gasteiger partial charge in [0.1, 0.15) is 5.75 Å². The van der Waals surface area contributed by atoms with Crippen molar-refractivity contribution in [3.63, 3.8) is 0 Å². The molecule has 1 atom stereocenters. The summed E-state index contributed by atoms with van der Waals surface area (Å²) in [6, 6.07) is 6.98. The fourth-order valence-corrected chi connectivity index (χ4v) is 3.27. The number of benzene rings is 1. The molecule has 1 aromatic carbocycles. The van der Waals surface area contributed by atoms with Gasteiger partial charge >= 0.3 is 0 Å². The van der Waals surface area contributed by atoms with Gasteiger partial charge < -0.3 is 10.1 Å². The molecule has 1 unspecified atom stereocenters. The molecule has 0 bridgehead atoms. The average Bonchev–Trinajstić information content (AvgIpc) is 2.47. The molecule has 0 spiro atoms. The Morgan fingerprint density at radius 3 is 2.52 bits per heavy atom. The van der Waals surface area contributed by atoms with E-state index in [1.54, 1.807) is 7.11 Å². The Hall–Kier alpha value is -0.540. The first kappa shape index (κ1) is 18.5. The molecule has 0 radical (unpaired) electrons. The van der Waals surface area contributed by atoms with E-state index in [1.807, 2.05) is 6.07 Å². The van der Waals surface area contributed by atoms with E-state index in [4.69, 9.17) is 4.74 Å². The van der Waals surface area contributed by atoms with Crippen molar-refractivity contribution < 1.29 is 4.74 Å². The van der Waals surface area contributed by atoms with Gasteiger partial charge in [0.05, 0.1) is 11.6 Å². The van der Waals surface area contributed by atoms with Gasteiger partial charge in [0, 0.05) is 6.04 Å². The highest BCUT2D eigenvalue weighted by atomic mass is 79.9. The predicted molar refractivity (Wildman–Crippen MR) is 95.2 cm³/mol. The Balaban J connectivity index is 2.47. The Morgan fingerprint density at radius 2 is 1.90 bits per heavy atom. The molecule has 1 rings (SSSR count). The van der Waals surface area contributed by atoms with E-state index in [1.165, 1.54) is 44.1 Å². The van der Waals surface area contributed by atoms with Crippen molar-refractivity contribution in [3.05, 3.63) is 28.2 Å². The lowest BCUT2D eigenvalue weighted by atomic mass is 9.99. The number of unbranched alkanes of at least 4 members (excludes halogenated alkanes) is 4. The van der Waals surface area contributed by atoms with Crippen LogP contribution >= 0.6 is 15.9 Å². The average molecular weight is 356 g/mol. The maximum absolute atomic E-state index is 5.29. The standard InChI is InChI=1S/C18H30BrNO/c1-4-6-7-8-9-10-16(20-5-2)13-15-11-12-18(21-3)17(19)14-15/h11-12,14,16,20H,4-10,13H2,1-3H3. The summed E-state index contributed by atoms with van der Waals surface area (Å²) in [6.07, 6.45) is 9.11. The van der Waals surface area contributed by atoms with Crippen molar-refractivity contribution in [1.82, 2.24) is 5.32 Å². The number of nitrogens with one attached hydrogen (secondary N) is 1. The number of halogens is 1. The van der Waals surface area contributed by atoms with Gasteiger partial charge in [-0.25, -0.2) is 0 Å². The molecule has 1 aromatic rings. The van der Waals surface area contributed by atoms with E-state index >= 15 is 0 Å². The van der Waals surface area contributed by atoms with Crippen LogP contribution in [0.15, 0.2) is 22.7 Å². The molecule has 2 nitrogen and oxygen atoms in total. The fourth-order valence-electron chi connectivity index (χ4n) is 2.68. The van der Waals surface area contributed by atoms with Crippen molar-refractivity contribution in [1.29, 1.82) is 0 Å². The lowest BCUT2D eigenvalue weighted by Crippen LogP contribution is -2.30. The SMILES string of the molecule is CCCCCCCC(Cc1ccc(OC)c(Br)c1)NCC. The first-order chi connectivity index (χ1) is 10.2. The number of hydrogen-bond acceptors (Lipinski definition) is 2. The summed E-state index contributed by atoms with van der Waals surface area (Å²) in [4.78, 5) is 0. The van der Waals surface area contributed by atoms with Gasteiger partial charge in [-0.15, -0.1) is 0 Å². The van der Waals surface area contributed by atoms with Crippen molar-refractivity contribution in [2.45, 2.75) is 64.8 Å². The zero-order valence-electron chi connectivity index (χ0n) is 13.8. The highest BCUT2D eigenvalue weighted by Crippen LogP contribution is 2.26. The largest absolute Gasteiger partial charge is 0.496 e. The summed E-state index contributed by atoms with van der Waals surface area (Å²) in [5, 5.41) is 3.62. The summed E-state index contributed by atoms with van der Waals surface area (Å²) in [6.45, 7) is 5.49. The van der Waals surface area contributed by atoms with Crippen molar-refractivity contribution in [3.8, 4) is 5.75 Å². The van der Waals surface area contributed by atoms with E-state index in [-0.39, 0.29) is 0 Å². The minimum Gasteiger partial charge on any atom is -0.496 e. The van der Waals surface area contributed by atoms with Crippen LogP contribution in [-0.2, 0) is 6.42 Å². The van der Waals surface area contributed by atoms with E-state index in [0.29, 0.717) is 6.04 Å². The van der Waals surface area contributed by atoms with E-state index < -0.39 is 0 Å². The molecule has 0 aliphatic carbocycles. The molecule has 1 N–H and O–H groups in total. The Kier molecular flexibility index (Phi) is 9.77. The minimum atomic E-state index is 0.580. The van der Waals surface area contributed by atoms with Crippen LogP contribution in [0.3, 0.4) is 0 Å². The van der Waals surface area contributed by atoms with Gasteiger partial charge in [-0.1, -0.05) is 52.0 Å². The van der Waals surface area contributed by atoms with Gasteiger partial charge in [-0.05, 0) is 53.0 Å². The lowest BCUT2D eigenvalue weighted by molar-refractivity contribution is 0.411.